The first-order chi connectivity index (χ1) is 7.23. The minimum Gasteiger partial charge on any atom is -0.391 e. The van der Waals surface area contributed by atoms with Gasteiger partial charge >= 0.3 is 6.18 Å². The van der Waals surface area contributed by atoms with E-state index in [2.05, 4.69) is 0 Å². The second-order valence-electron chi connectivity index (χ2n) is 3.50. The van der Waals surface area contributed by atoms with Crippen LogP contribution in [0, 0.1) is 0 Å². The molecule has 3 N–H and O–H groups in total. The van der Waals surface area contributed by atoms with Gasteiger partial charge in [0.1, 0.15) is 0 Å². The molecule has 2 atom stereocenters. The molecular formula is C10H11ClF3NO. The number of aliphatic hydroxyl groups is 1. The Labute approximate surface area is 95.8 Å². The lowest BCUT2D eigenvalue weighted by Gasteiger charge is -2.17. The molecule has 0 aliphatic carbocycles. The molecule has 90 valence electrons. The van der Waals surface area contributed by atoms with Gasteiger partial charge in [0.25, 0.3) is 0 Å². The summed E-state index contributed by atoms with van der Waals surface area (Å²) in [7, 11) is 0. The molecule has 0 aliphatic rings. The minimum absolute atomic E-state index is 0.0942. The first-order valence-electron chi connectivity index (χ1n) is 4.53. The number of hydrogen-bond acceptors (Lipinski definition) is 2. The number of aliphatic hydroxyl groups excluding tert-OH is 1. The van der Waals surface area contributed by atoms with E-state index in [0.29, 0.717) is 5.56 Å². The highest BCUT2D eigenvalue weighted by Crippen LogP contribution is 2.33. The molecule has 0 unspecified atom stereocenters. The fourth-order valence-corrected chi connectivity index (χ4v) is 1.54. The maximum Gasteiger partial charge on any atom is 0.416 e. The quantitative estimate of drug-likeness (QED) is 0.851. The van der Waals surface area contributed by atoms with Gasteiger partial charge in [0.15, 0.2) is 0 Å². The van der Waals surface area contributed by atoms with Crippen molar-refractivity contribution in [3.05, 3.63) is 34.3 Å². The van der Waals surface area contributed by atoms with Crippen LogP contribution in [0.5, 0.6) is 0 Å². The number of alkyl halides is 3. The van der Waals surface area contributed by atoms with Gasteiger partial charge < -0.3 is 10.8 Å². The molecule has 0 aliphatic heterocycles. The fourth-order valence-electron chi connectivity index (χ4n) is 1.23. The Kier molecular flexibility index (Phi) is 3.83. The molecule has 0 saturated carbocycles. The standard InChI is InChI=1S/C10H11ClF3NO/c1-5(16)9(15)7-3-2-6(4-8(7)11)10(12,13)14/h2-5,9,16H,15H2,1H3/t5-,9+/m1/s1. The summed E-state index contributed by atoms with van der Waals surface area (Å²) in [5, 5.41) is 9.13. The second-order valence-corrected chi connectivity index (χ2v) is 3.91. The third-order valence-corrected chi connectivity index (χ3v) is 2.53. The van der Waals surface area contributed by atoms with E-state index < -0.39 is 23.9 Å². The van der Waals surface area contributed by atoms with Crippen LogP contribution in [0.15, 0.2) is 18.2 Å². The molecule has 16 heavy (non-hydrogen) atoms. The summed E-state index contributed by atoms with van der Waals surface area (Å²) in [4.78, 5) is 0. The van der Waals surface area contributed by atoms with E-state index in [1.165, 1.54) is 13.0 Å². The summed E-state index contributed by atoms with van der Waals surface area (Å²) < 4.78 is 37.0. The molecule has 0 heterocycles. The maximum atomic E-state index is 12.3. The molecule has 0 bridgehead atoms. The molecule has 1 aromatic rings. The summed E-state index contributed by atoms with van der Waals surface area (Å²) in [5.74, 6) is 0. The largest absolute Gasteiger partial charge is 0.416 e. The van der Waals surface area contributed by atoms with Crippen LogP contribution in [0.25, 0.3) is 0 Å². The van der Waals surface area contributed by atoms with Crippen molar-refractivity contribution in [1.82, 2.24) is 0 Å². The van der Waals surface area contributed by atoms with Gasteiger partial charge in [0.05, 0.1) is 17.7 Å². The van der Waals surface area contributed by atoms with Crippen molar-refractivity contribution < 1.29 is 18.3 Å². The maximum absolute atomic E-state index is 12.3. The van der Waals surface area contributed by atoms with Gasteiger partial charge in [-0.3, -0.25) is 0 Å². The van der Waals surface area contributed by atoms with Crippen molar-refractivity contribution in [2.75, 3.05) is 0 Å². The molecule has 2 nitrogen and oxygen atoms in total. The number of nitrogens with two attached hydrogens (primary N) is 1. The molecule has 0 spiro atoms. The van der Waals surface area contributed by atoms with Crippen molar-refractivity contribution in [3.63, 3.8) is 0 Å². The number of rotatable bonds is 2. The van der Waals surface area contributed by atoms with Gasteiger partial charge in [-0.25, -0.2) is 0 Å². The van der Waals surface area contributed by atoms with E-state index in [0.717, 1.165) is 12.1 Å². The van der Waals surface area contributed by atoms with Gasteiger partial charge in [-0.15, -0.1) is 0 Å². The van der Waals surface area contributed by atoms with Crippen LogP contribution >= 0.6 is 11.6 Å². The zero-order valence-electron chi connectivity index (χ0n) is 8.42. The van der Waals surface area contributed by atoms with Crippen molar-refractivity contribution in [2.24, 2.45) is 5.73 Å². The second kappa shape index (κ2) is 4.61. The molecule has 0 aromatic heterocycles. The highest BCUT2D eigenvalue weighted by Gasteiger charge is 2.31. The highest BCUT2D eigenvalue weighted by atomic mass is 35.5. The molecule has 1 rings (SSSR count). The summed E-state index contributed by atoms with van der Waals surface area (Å²) in [6.45, 7) is 1.44. The van der Waals surface area contributed by atoms with E-state index in [1.807, 2.05) is 0 Å². The molecule has 0 fully saturated rings. The summed E-state index contributed by atoms with van der Waals surface area (Å²) in [6, 6.07) is 2.08. The topological polar surface area (TPSA) is 46.2 Å². The summed E-state index contributed by atoms with van der Waals surface area (Å²) >= 11 is 5.68. The highest BCUT2D eigenvalue weighted by molar-refractivity contribution is 6.31. The Bertz CT molecular complexity index is 379. The summed E-state index contributed by atoms with van der Waals surface area (Å²) in [6.07, 6.45) is -5.31. The van der Waals surface area contributed by atoms with Crippen LogP contribution in [-0.4, -0.2) is 11.2 Å². The Morgan fingerprint density at radius 2 is 1.94 bits per heavy atom. The Morgan fingerprint density at radius 1 is 1.38 bits per heavy atom. The van der Waals surface area contributed by atoms with E-state index in [4.69, 9.17) is 17.3 Å². The van der Waals surface area contributed by atoms with E-state index in [9.17, 15) is 18.3 Å². The van der Waals surface area contributed by atoms with Gasteiger partial charge in [-0.1, -0.05) is 17.7 Å². The van der Waals surface area contributed by atoms with Gasteiger partial charge in [0, 0.05) is 5.02 Å². The van der Waals surface area contributed by atoms with Crippen LogP contribution in [0.1, 0.15) is 24.1 Å². The van der Waals surface area contributed by atoms with Crippen molar-refractivity contribution in [3.8, 4) is 0 Å². The predicted octanol–water partition coefficient (Wildman–Crippen LogP) is 2.74. The van der Waals surface area contributed by atoms with Gasteiger partial charge in [0.2, 0.25) is 0 Å². The van der Waals surface area contributed by atoms with Crippen LogP contribution in [-0.2, 0) is 6.18 Å². The van der Waals surface area contributed by atoms with Crippen molar-refractivity contribution in [1.29, 1.82) is 0 Å². The average molecular weight is 254 g/mol. The first kappa shape index (κ1) is 13.3. The zero-order valence-corrected chi connectivity index (χ0v) is 9.18. The van der Waals surface area contributed by atoms with Gasteiger partial charge in [-0.05, 0) is 24.6 Å². The van der Waals surface area contributed by atoms with E-state index >= 15 is 0 Å². The number of benzene rings is 1. The number of hydrogen-bond donors (Lipinski definition) is 2. The molecular weight excluding hydrogens is 243 g/mol. The SMILES string of the molecule is C[C@@H](O)[C@H](N)c1ccc(C(F)(F)F)cc1Cl. The van der Waals surface area contributed by atoms with Crippen molar-refractivity contribution >= 4 is 11.6 Å². The van der Waals surface area contributed by atoms with Crippen molar-refractivity contribution in [2.45, 2.75) is 25.2 Å². The summed E-state index contributed by atoms with van der Waals surface area (Å²) in [5.41, 5.74) is 5.04. The Balaban J connectivity index is 3.10. The zero-order chi connectivity index (χ0) is 12.5. The third kappa shape index (κ3) is 2.87. The molecule has 6 heteroatoms. The smallest absolute Gasteiger partial charge is 0.391 e. The van der Waals surface area contributed by atoms with Crippen LogP contribution in [0.4, 0.5) is 13.2 Å². The lowest BCUT2D eigenvalue weighted by molar-refractivity contribution is -0.137. The predicted molar refractivity (Wildman–Crippen MR) is 55.1 cm³/mol. The minimum atomic E-state index is -4.43. The van der Waals surface area contributed by atoms with E-state index in [1.54, 1.807) is 0 Å². The monoisotopic (exact) mass is 253 g/mol. The van der Waals surface area contributed by atoms with Crippen LogP contribution in [0.3, 0.4) is 0 Å². The molecule has 1 aromatic carbocycles. The normalized spacial score (nSPS) is 15.9. The fraction of sp³-hybridized carbons (Fsp3) is 0.400. The number of halogens is 4. The Morgan fingerprint density at radius 3 is 2.31 bits per heavy atom. The molecule has 0 amide bonds. The lowest BCUT2D eigenvalue weighted by atomic mass is 10.0. The molecule has 0 saturated heterocycles. The average Bonchev–Trinajstić information content (AvgIpc) is 2.15. The lowest BCUT2D eigenvalue weighted by Crippen LogP contribution is -2.23. The van der Waals surface area contributed by atoms with Crippen LogP contribution in [0.2, 0.25) is 5.02 Å². The van der Waals surface area contributed by atoms with E-state index in [-0.39, 0.29) is 5.02 Å². The van der Waals surface area contributed by atoms with Crippen LogP contribution < -0.4 is 5.73 Å². The van der Waals surface area contributed by atoms with Gasteiger partial charge in [-0.2, -0.15) is 13.2 Å². The first-order valence-corrected chi connectivity index (χ1v) is 4.91. The Hall–Kier alpha value is -0.780. The third-order valence-electron chi connectivity index (χ3n) is 2.21. The molecule has 0 radical (unpaired) electrons.